The Balaban J connectivity index is 1.74. The van der Waals surface area contributed by atoms with Crippen LogP contribution in [0.4, 0.5) is 0 Å². The van der Waals surface area contributed by atoms with E-state index in [0.29, 0.717) is 26.4 Å². The monoisotopic (exact) mass is 496 g/mol. The largest absolute Gasteiger partial charge is 0.484 e. The summed E-state index contributed by atoms with van der Waals surface area (Å²) in [4.78, 5) is 27.6. The Labute approximate surface area is 204 Å². The SMILES string of the molecule is CC(C(=O)NC1CCCCC1)N(Cc1ccc(Cl)cc1Cl)C(=O)COc1cccc(Cl)c1. The van der Waals surface area contributed by atoms with Gasteiger partial charge in [0.2, 0.25) is 5.91 Å². The highest BCUT2D eigenvalue weighted by atomic mass is 35.5. The molecule has 1 unspecified atom stereocenters. The fraction of sp³-hybridized carbons (Fsp3) is 0.417. The van der Waals surface area contributed by atoms with Crippen LogP contribution >= 0.6 is 34.8 Å². The Morgan fingerprint density at radius 1 is 1.06 bits per heavy atom. The summed E-state index contributed by atoms with van der Waals surface area (Å²) in [5, 5.41) is 4.55. The van der Waals surface area contributed by atoms with E-state index in [-0.39, 0.29) is 31.0 Å². The summed E-state index contributed by atoms with van der Waals surface area (Å²) in [5.74, 6) is -0.0324. The summed E-state index contributed by atoms with van der Waals surface area (Å²) in [5.41, 5.74) is 0.699. The lowest BCUT2D eigenvalue weighted by molar-refractivity contribution is -0.142. The van der Waals surface area contributed by atoms with Crippen molar-refractivity contribution in [3.05, 3.63) is 63.1 Å². The second-order valence-corrected chi connectivity index (χ2v) is 9.30. The molecule has 32 heavy (non-hydrogen) atoms. The second-order valence-electron chi connectivity index (χ2n) is 8.02. The van der Waals surface area contributed by atoms with Gasteiger partial charge in [-0.1, -0.05) is 66.2 Å². The topological polar surface area (TPSA) is 58.6 Å². The highest BCUT2D eigenvalue weighted by Crippen LogP contribution is 2.24. The maximum Gasteiger partial charge on any atom is 0.261 e. The van der Waals surface area contributed by atoms with Gasteiger partial charge in [0.05, 0.1) is 0 Å². The van der Waals surface area contributed by atoms with Gasteiger partial charge >= 0.3 is 0 Å². The van der Waals surface area contributed by atoms with Crippen molar-refractivity contribution in [2.75, 3.05) is 6.61 Å². The van der Waals surface area contributed by atoms with Gasteiger partial charge in [-0.2, -0.15) is 0 Å². The highest BCUT2D eigenvalue weighted by molar-refractivity contribution is 6.35. The van der Waals surface area contributed by atoms with Crippen LogP contribution in [0, 0.1) is 0 Å². The van der Waals surface area contributed by atoms with Gasteiger partial charge in [-0.15, -0.1) is 0 Å². The second kappa shape index (κ2) is 11.8. The first kappa shape index (κ1) is 24.7. The molecule has 0 spiro atoms. The van der Waals surface area contributed by atoms with Crippen molar-refractivity contribution in [1.82, 2.24) is 10.2 Å². The number of rotatable bonds is 8. The van der Waals surface area contributed by atoms with E-state index < -0.39 is 6.04 Å². The summed E-state index contributed by atoms with van der Waals surface area (Å²) in [7, 11) is 0. The minimum atomic E-state index is -0.695. The molecule has 0 aromatic heterocycles. The fourth-order valence-corrected chi connectivity index (χ4v) is 4.42. The zero-order valence-corrected chi connectivity index (χ0v) is 20.2. The molecular formula is C24H27Cl3N2O3. The average Bonchev–Trinajstić information content (AvgIpc) is 2.77. The third-order valence-corrected chi connectivity index (χ3v) is 6.46. The van der Waals surface area contributed by atoms with E-state index in [1.165, 1.54) is 11.3 Å². The summed E-state index contributed by atoms with van der Waals surface area (Å²) >= 11 is 18.3. The molecule has 1 atom stereocenters. The lowest BCUT2D eigenvalue weighted by atomic mass is 9.95. The molecule has 2 aromatic carbocycles. The van der Waals surface area contributed by atoms with Crippen molar-refractivity contribution in [2.24, 2.45) is 0 Å². The van der Waals surface area contributed by atoms with Gasteiger partial charge in [-0.3, -0.25) is 9.59 Å². The molecule has 1 fully saturated rings. The lowest BCUT2D eigenvalue weighted by Gasteiger charge is -2.31. The molecular weight excluding hydrogens is 471 g/mol. The Kier molecular flexibility index (Phi) is 9.09. The minimum Gasteiger partial charge on any atom is -0.484 e. The number of amides is 2. The first-order valence-electron chi connectivity index (χ1n) is 10.8. The van der Waals surface area contributed by atoms with Crippen LogP contribution in [0.3, 0.4) is 0 Å². The number of carbonyl (C=O) groups excluding carboxylic acids is 2. The smallest absolute Gasteiger partial charge is 0.261 e. The van der Waals surface area contributed by atoms with Crippen LogP contribution in [-0.4, -0.2) is 35.4 Å². The molecule has 2 amide bonds. The standard InChI is InChI=1S/C24H27Cl3N2O3/c1-16(24(31)28-20-7-3-2-4-8-20)29(14-17-10-11-19(26)13-22(17)27)23(30)15-32-21-9-5-6-18(25)12-21/h5-6,9-13,16,20H,2-4,7-8,14-15H2,1H3,(H,28,31). The molecule has 3 rings (SSSR count). The third-order valence-electron chi connectivity index (χ3n) is 5.63. The first-order valence-corrected chi connectivity index (χ1v) is 11.9. The van der Waals surface area contributed by atoms with E-state index in [9.17, 15) is 9.59 Å². The van der Waals surface area contributed by atoms with Gasteiger partial charge in [-0.05, 0) is 55.7 Å². The molecule has 1 aliphatic carbocycles. The van der Waals surface area contributed by atoms with Crippen LogP contribution in [0.2, 0.25) is 15.1 Å². The number of carbonyl (C=O) groups is 2. The normalized spacial score (nSPS) is 15.1. The number of nitrogens with zero attached hydrogens (tertiary/aromatic N) is 1. The molecule has 0 heterocycles. The Hall–Kier alpha value is -1.95. The zero-order valence-electron chi connectivity index (χ0n) is 18.0. The van der Waals surface area contributed by atoms with Gasteiger partial charge in [0, 0.05) is 27.7 Å². The predicted octanol–water partition coefficient (Wildman–Crippen LogP) is 5.89. The average molecular weight is 498 g/mol. The van der Waals surface area contributed by atoms with Crippen molar-refractivity contribution in [1.29, 1.82) is 0 Å². The molecule has 5 nitrogen and oxygen atoms in total. The van der Waals surface area contributed by atoms with E-state index in [0.717, 1.165) is 25.7 Å². The number of nitrogens with one attached hydrogen (secondary N) is 1. The Morgan fingerprint density at radius 3 is 2.47 bits per heavy atom. The van der Waals surface area contributed by atoms with E-state index in [1.807, 2.05) is 0 Å². The molecule has 8 heteroatoms. The molecule has 2 aromatic rings. The lowest BCUT2D eigenvalue weighted by Crippen LogP contribution is -2.51. The van der Waals surface area contributed by atoms with Gasteiger partial charge < -0.3 is 15.0 Å². The summed E-state index contributed by atoms with van der Waals surface area (Å²) in [6.45, 7) is 1.65. The van der Waals surface area contributed by atoms with Crippen LogP contribution in [-0.2, 0) is 16.1 Å². The maximum atomic E-state index is 13.1. The predicted molar refractivity (Wildman–Crippen MR) is 128 cm³/mol. The molecule has 1 N–H and O–H groups in total. The van der Waals surface area contributed by atoms with Crippen molar-refractivity contribution in [2.45, 2.75) is 57.7 Å². The summed E-state index contributed by atoms with van der Waals surface area (Å²) in [6.07, 6.45) is 5.34. The van der Waals surface area contributed by atoms with Crippen LogP contribution in [0.1, 0.15) is 44.6 Å². The highest BCUT2D eigenvalue weighted by Gasteiger charge is 2.29. The Bertz CT molecular complexity index is 948. The molecule has 1 saturated carbocycles. The third kappa shape index (κ3) is 7.03. The number of ether oxygens (including phenoxy) is 1. The molecule has 0 aliphatic heterocycles. The molecule has 0 bridgehead atoms. The molecule has 0 saturated heterocycles. The molecule has 0 radical (unpaired) electrons. The van der Waals surface area contributed by atoms with Crippen molar-refractivity contribution in [3.63, 3.8) is 0 Å². The van der Waals surface area contributed by atoms with Gasteiger partial charge in [0.15, 0.2) is 6.61 Å². The quantitative estimate of drug-likeness (QED) is 0.494. The molecule has 1 aliphatic rings. The summed E-state index contributed by atoms with van der Waals surface area (Å²) < 4.78 is 5.64. The fourth-order valence-electron chi connectivity index (χ4n) is 3.77. The van der Waals surface area contributed by atoms with Gasteiger partial charge in [0.25, 0.3) is 5.91 Å². The van der Waals surface area contributed by atoms with Gasteiger partial charge in [0.1, 0.15) is 11.8 Å². The van der Waals surface area contributed by atoms with Crippen molar-refractivity contribution in [3.8, 4) is 5.75 Å². The van der Waals surface area contributed by atoms with E-state index in [2.05, 4.69) is 5.32 Å². The number of hydrogen-bond donors (Lipinski definition) is 1. The minimum absolute atomic E-state index is 0.150. The van der Waals surface area contributed by atoms with Crippen molar-refractivity contribution >= 4 is 46.6 Å². The van der Waals surface area contributed by atoms with E-state index in [4.69, 9.17) is 39.5 Å². The zero-order chi connectivity index (χ0) is 23.1. The molecule has 172 valence electrons. The van der Waals surface area contributed by atoms with E-state index in [1.54, 1.807) is 49.4 Å². The number of hydrogen-bond acceptors (Lipinski definition) is 3. The Morgan fingerprint density at radius 2 is 1.78 bits per heavy atom. The van der Waals surface area contributed by atoms with Crippen molar-refractivity contribution < 1.29 is 14.3 Å². The van der Waals surface area contributed by atoms with Gasteiger partial charge in [-0.25, -0.2) is 0 Å². The van der Waals surface area contributed by atoms with E-state index >= 15 is 0 Å². The summed E-state index contributed by atoms with van der Waals surface area (Å²) in [6, 6.07) is 11.4. The maximum absolute atomic E-state index is 13.1. The van der Waals surface area contributed by atoms with Crippen LogP contribution in [0.15, 0.2) is 42.5 Å². The van der Waals surface area contributed by atoms with Crippen LogP contribution < -0.4 is 10.1 Å². The van der Waals surface area contributed by atoms with Crippen LogP contribution in [0.25, 0.3) is 0 Å². The van der Waals surface area contributed by atoms with Crippen LogP contribution in [0.5, 0.6) is 5.75 Å². The number of halogens is 3. The first-order chi connectivity index (χ1) is 15.3. The number of benzene rings is 2.